The van der Waals surface area contributed by atoms with Crippen LogP contribution in [0.25, 0.3) is 0 Å². The standard InChI is InChI=1S/C71H112N16O22/c1-31(2)26-45(60(97)77-47(28-43-22-18-16-19-23-43)63(100)86-53(39(12)89)67(104)76-37(10)71(108)109)79-70(107)56(42(15)92)87-64(101)49(30-50(73)93)81-69(106)55(41(14)91)84-59(96)36(9)74-58(95)35(8)75-66(103)52(38(11)88)85-61(98)46(27-32(3)4)78-65(102)51(33(5)6)82-62(99)48(29-44-24-20-17-21-25-44)80-68(105)54(40(13)90)83-57(94)34(7)72/h16-25,31-42,45-49,51-56,88-92H,26-30,72H2,1-15H3,(H2,73,93)(H,74,95)(H,75,103)(H,76,104)(H,77,97)(H,78,102)(H,79,107)(H,80,105)(H,81,106)(H,82,99)(H,83,94)(H,84,96)(H,85,98)(H,86,100)(H,87,101)(H,108,109)/t34-,35-,36-,37-,38+,39+,40+,41+,42+,45-,46-,47-,48-,49-,51-,52-,53-,54-,55-,56-/m0/s1. The molecule has 0 aromatic heterocycles. The molecule has 0 unspecified atom stereocenters. The van der Waals surface area contributed by atoms with Crippen molar-refractivity contribution in [1.29, 1.82) is 0 Å². The Morgan fingerprint density at radius 2 is 0.550 bits per heavy atom. The summed E-state index contributed by atoms with van der Waals surface area (Å²) in [6, 6.07) is -7.32. The Kier molecular flexibility index (Phi) is 39.6. The highest BCUT2D eigenvalue weighted by Crippen LogP contribution is 2.15. The molecule has 109 heavy (non-hydrogen) atoms. The molecule has 15 amide bonds. The molecule has 2 aromatic carbocycles. The third-order valence-corrected chi connectivity index (χ3v) is 16.8. The molecule has 0 aliphatic rings. The number of carbonyl (C=O) groups is 16. The number of carbonyl (C=O) groups excluding carboxylic acids is 15. The molecule has 20 atom stereocenters. The van der Waals surface area contributed by atoms with E-state index in [-0.39, 0.29) is 37.5 Å². The molecule has 0 bridgehead atoms. The van der Waals surface area contributed by atoms with Gasteiger partial charge in [0.2, 0.25) is 88.6 Å². The van der Waals surface area contributed by atoms with Crippen molar-refractivity contribution in [2.24, 2.45) is 29.2 Å². The molecule has 0 aliphatic carbocycles. The van der Waals surface area contributed by atoms with Gasteiger partial charge < -0.3 is 117 Å². The van der Waals surface area contributed by atoms with Crippen LogP contribution >= 0.6 is 0 Å². The molecule has 38 heteroatoms. The fraction of sp³-hybridized carbons (Fsp3) is 0.606. The number of aliphatic hydroxyl groups is 5. The van der Waals surface area contributed by atoms with Crippen molar-refractivity contribution in [2.75, 3.05) is 0 Å². The van der Waals surface area contributed by atoms with Gasteiger partial charge in [-0.25, -0.2) is 0 Å². The van der Waals surface area contributed by atoms with Gasteiger partial charge in [0.05, 0.1) is 43.0 Å². The molecule has 0 fully saturated rings. The van der Waals surface area contributed by atoms with Gasteiger partial charge in [0.1, 0.15) is 84.6 Å². The first-order valence-electron chi connectivity index (χ1n) is 35.7. The van der Waals surface area contributed by atoms with Gasteiger partial charge in [-0.05, 0) is 104 Å². The number of rotatable bonds is 45. The van der Waals surface area contributed by atoms with E-state index in [9.17, 15) is 107 Å². The largest absolute Gasteiger partial charge is 0.480 e. The monoisotopic (exact) mass is 1540 g/mol. The minimum atomic E-state index is -2.01. The normalized spacial score (nSPS) is 16.8. The number of hydrogen-bond donors (Lipinski definition) is 22. The van der Waals surface area contributed by atoms with Crippen LogP contribution in [0.1, 0.15) is 134 Å². The van der Waals surface area contributed by atoms with Crippen LogP contribution in [0.3, 0.4) is 0 Å². The summed E-state index contributed by atoms with van der Waals surface area (Å²) in [4.78, 5) is 217. The summed E-state index contributed by atoms with van der Waals surface area (Å²) >= 11 is 0. The summed E-state index contributed by atoms with van der Waals surface area (Å²) in [5.74, 6) is -18.7. The summed E-state index contributed by atoms with van der Waals surface area (Å²) < 4.78 is 0. The summed E-state index contributed by atoms with van der Waals surface area (Å²) in [5.41, 5.74) is 12.2. The van der Waals surface area contributed by atoms with Gasteiger partial charge in [0.15, 0.2) is 0 Å². The fourth-order valence-electron chi connectivity index (χ4n) is 10.5. The highest BCUT2D eigenvalue weighted by Gasteiger charge is 2.41. The maximum atomic E-state index is 14.2. The Morgan fingerprint density at radius 1 is 0.303 bits per heavy atom. The summed E-state index contributed by atoms with van der Waals surface area (Å²) in [6.07, 6.45) is -9.81. The lowest BCUT2D eigenvalue weighted by Crippen LogP contribution is -2.63. The number of aliphatic carboxylic acids is 1. The quantitative estimate of drug-likeness (QED) is 0.0293. The fourth-order valence-corrected chi connectivity index (χ4v) is 10.5. The van der Waals surface area contributed by atoms with E-state index < -0.39 is 228 Å². The van der Waals surface area contributed by atoms with E-state index in [1.807, 2.05) is 0 Å². The third kappa shape index (κ3) is 32.6. The zero-order valence-electron chi connectivity index (χ0n) is 64.0. The van der Waals surface area contributed by atoms with E-state index in [4.69, 9.17) is 11.5 Å². The topological polar surface area (TPSA) is 615 Å². The van der Waals surface area contributed by atoms with Gasteiger partial charge in [-0.3, -0.25) is 76.7 Å². The number of nitrogens with two attached hydrogens (primary N) is 2. The van der Waals surface area contributed by atoms with Crippen molar-refractivity contribution in [3.63, 3.8) is 0 Å². The molecule has 0 aliphatic heterocycles. The Balaban J connectivity index is 2.30. The summed E-state index contributed by atoms with van der Waals surface area (Å²) in [7, 11) is 0. The maximum Gasteiger partial charge on any atom is 0.325 e. The Hall–Kier alpha value is -10.3. The van der Waals surface area contributed by atoms with Gasteiger partial charge in [0.25, 0.3) is 0 Å². The van der Waals surface area contributed by atoms with Gasteiger partial charge in [0, 0.05) is 12.8 Å². The molecule has 24 N–H and O–H groups in total. The van der Waals surface area contributed by atoms with Crippen LogP contribution in [-0.2, 0) is 89.6 Å². The lowest BCUT2D eigenvalue weighted by Gasteiger charge is -2.30. The average Bonchev–Trinajstić information content (AvgIpc) is 0.848. The first-order chi connectivity index (χ1) is 50.7. The predicted molar refractivity (Wildman–Crippen MR) is 392 cm³/mol. The molecule has 0 saturated heterocycles. The van der Waals surface area contributed by atoms with Crippen LogP contribution in [0, 0.1) is 17.8 Å². The number of benzene rings is 2. The van der Waals surface area contributed by atoms with E-state index in [2.05, 4.69) is 74.4 Å². The van der Waals surface area contributed by atoms with Crippen molar-refractivity contribution in [3.05, 3.63) is 71.8 Å². The van der Waals surface area contributed by atoms with Crippen LogP contribution in [0.5, 0.6) is 0 Å². The minimum Gasteiger partial charge on any atom is -0.480 e. The molecular formula is C71H112N16O22. The van der Waals surface area contributed by atoms with Gasteiger partial charge in [-0.1, -0.05) is 102 Å². The van der Waals surface area contributed by atoms with Crippen LogP contribution in [0.4, 0.5) is 0 Å². The average molecular weight is 1540 g/mol. The molecular weight excluding hydrogens is 1430 g/mol. The summed E-state index contributed by atoms with van der Waals surface area (Å²) in [6.45, 7) is 20.4. The second kappa shape index (κ2) is 45.5. The zero-order valence-corrected chi connectivity index (χ0v) is 64.0. The second-order valence-electron chi connectivity index (χ2n) is 28.3. The molecule has 0 spiro atoms. The van der Waals surface area contributed by atoms with Gasteiger partial charge in [-0.2, -0.15) is 0 Å². The lowest BCUT2D eigenvalue weighted by molar-refractivity contribution is -0.142. The summed E-state index contributed by atoms with van der Waals surface area (Å²) in [5, 5.41) is 95.9. The van der Waals surface area contributed by atoms with Crippen molar-refractivity contribution < 1.29 is 107 Å². The SMILES string of the molecule is CC(C)C[C@H](NC(=O)[C@@H](NC(=O)[C@H](Cc1ccccc1)NC(=O)[C@@H](NC(=O)[C@H](C)N)[C@@H](C)O)C(C)C)C(=O)N[C@H](C(=O)N[C@@H](C)C(=O)N[C@@H](C)C(=O)N[C@H](C(=O)N[C@@H](CC(N)=O)C(=O)N[C@H](C(=O)N[C@@H](CC(C)C)C(=O)N[C@@H](Cc1ccccc1)C(=O)N[C@H](C(=O)N[C@@H](C)C(=O)O)[C@@H](C)O)[C@@H](C)O)[C@@H](C)O)[C@@H](C)O. The van der Waals surface area contributed by atoms with E-state index in [0.29, 0.717) is 11.1 Å². The molecule has 2 aromatic rings. The number of nitrogens with one attached hydrogen (secondary N) is 14. The van der Waals surface area contributed by atoms with E-state index >= 15 is 0 Å². The zero-order chi connectivity index (χ0) is 83.2. The Morgan fingerprint density at radius 3 is 0.872 bits per heavy atom. The molecule has 608 valence electrons. The first-order valence-corrected chi connectivity index (χ1v) is 35.7. The number of aliphatic hydroxyl groups excluding tert-OH is 5. The molecule has 2 rings (SSSR count). The highest BCUT2D eigenvalue weighted by molar-refractivity contribution is 6.01. The number of hydrogen-bond acceptors (Lipinski definition) is 22. The van der Waals surface area contributed by atoms with E-state index in [0.717, 1.165) is 48.5 Å². The maximum absolute atomic E-state index is 14.2. The molecule has 0 saturated carbocycles. The molecule has 0 heterocycles. The van der Waals surface area contributed by atoms with Crippen LogP contribution < -0.4 is 85.9 Å². The first kappa shape index (κ1) is 94.8. The Bertz CT molecular complexity index is 3450. The van der Waals surface area contributed by atoms with Crippen molar-refractivity contribution in [1.82, 2.24) is 74.4 Å². The van der Waals surface area contributed by atoms with Crippen LogP contribution in [-0.4, -0.2) is 246 Å². The smallest absolute Gasteiger partial charge is 0.325 e. The van der Waals surface area contributed by atoms with Crippen molar-refractivity contribution >= 4 is 94.6 Å². The number of amides is 15. The molecule has 0 radical (unpaired) electrons. The van der Waals surface area contributed by atoms with Crippen LogP contribution in [0.2, 0.25) is 0 Å². The van der Waals surface area contributed by atoms with E-state index in [1.165, 1.54) is 13.8 Å². The highest BCUT2D eigenvalue weighted by atomic mass is 16.4. The number of primary amides is 1. The van der Waals surface area contributed by atoms with Gasteiger partial charge in [-0.15, -0.1) is 0 Å². The third-order valence-electron chi connectivity index (χ3n) is 16.8. The van der Waals surface area contributed by atoms with E-state index in [1.54, 1.807) is 102 Å². The minimum absolute atomic E-state index is 0.0625. The van der Waals surface area contributed by atoms with Crippen LogP contribution in [0.15, 0.2) is 60.7 Å². The van der Waals surface area contributed by atoms with Crippen molar-refractivity contribution in [3.8, 4) is 0 Å². The van der Waals surface area contributed by atoms with Crippen molar-refractivity contribution in [2.45, 2.75) is 257 Å². The Labute approximate surface area is 632 Å². The molecule has 38 nitrogen and oxygen atoms in total. The van der Waals surface area contributed by atoms with Gasteiger partial charge >= 0.3 is 5.97 Å². The predicted octanol–water partition coefficient (Wildman–Crippen LogP) is -6.72. The number of carboxylic acids is 1. The number of carboxylic acid groups (broad SMARTS) is 1. The second-order valence-corrected chi connectivity index (χ2v) is 28.3. The lowest BCUT2D eigenvalue weighted by atomic mass is 9.98.